The van der Waals surface area contributed by atoms with Crippen LogP contribution in [0.2, 0.25) is 0 Å². The van der Waals surface area contributed by atoms with Crippen molar-refractivity contribution in [3.05, 3.63) is 66.0 Å². The summed E-state index contributed by atoms with van der Waals surface area (Å²) in [7, 11) is 2.03. The summed E-state index contributed by atoms with van der Waals surface area (Å²) in [5.41, 5.74) is 3.74. The van der Waals surface area contributed by atoms with E-state index in [1.165, 1.54) is 16.8 Å². The molecule has 0 saturated heterocycles. The molecular formula is C20H27N5. The molecule has 0 amide bonds. The normalized spacial score (nSPS) is 14.2. The monoisotopic (exact) mass is 337 g/mol. The molecule has 5 nitrogen and oxygen atoms in total. The number of anilines is 1. The molecule has 1 aromatic heterocycles. The van der Waals surface area contributed by atoms with Gasteiger partial charge < -0.3 is 20.1 Å². The third kappa shape index (κ3) is 4.89. The van der Waals surface area contributed by atoms with E-state index in [0.29, 0.717) is 6.54 Å². The highest BCUT2D eigenvalue weighted by atomic mass is 15.2. The van der Waals surface area contributed by atoms with E-state index in [4.69, 9.17) is 0 Å². The summed E-state index contributed by atoms with van der Waals surface area (Å²) in [6.45, 7) is 6.39. The second-order valence-electron chi connectivity index (χ2n) is 6.28. The number of aromatic nitrogens is 1. The van der Waals surface area contributed by atoms with Crippen molar-refractivity contribution in [3.8, 4) is 0 Å². The lowest BCUT2D eigenvalue weighted by Gasteiger charge is -2.18. The van der Waals surface area contributed by atoms with Gasteiger partial charge in [0.25, 0.3) is 0 Å². The first kappa shape index (κ1) is 17.1. The maximum atomic E-state index is 4.66. The zero-order chi connectivity index (χ0) is 17.5. The van der Waals surface area contributed by atoms with Crippen LogP contribution in [0.3, 0.4) is 0 Å². The molecule has 3 rings (SSSR count). The van der Waals surface area contributed by atoms with Crippen molar-refractivity contribution in [1.29, 1.82) is 0 Å². The lowest BCUT2D eigenvalue weighted by molar-refractivity contribution is 0.815. The summed E-state index contributed by atoms with van der Waals surface area (Å²) in [5.74, 6) is 0.846. The van der Waals surface area contributed by atoms with Crippen LogP contribution < -0.4 is 15.5 Å². The van der Waals surface area contributed by atoms with Crippen molar-refractivity contribution < 1.29 is 0 Å². The van der Waals surface area contributed by atoms with Crippen molar-refractivity contribution in [1.82, 2.24) is 15.2 Å². The molecule has 132 valence electrons. The third-order valence-corrected chi connectivity index (χ3v) is 4.24. The average Bonchev–Trinajstić information content (AvgIpc) is 3.30. The Morgan fingerprint density at radius 1 is 1.04 bits per heavy atom. The summed E-state index contributed by atoms with van der Waals surface area (Å²) < 4.78 is 2.04. The molecule has 2 heterocycles. The van der Waals surface area contributed by atoms with Crippen LogP contribution >= 0.6 is 0 Å². The summed E-state index contributed by atoms with van der Waals surface area (Å²) in [4.78, 5) is 7.01. The van der Waals surface area contributed by atoms with Gasteiger partial charge in [-0.15, -0.1) is 0 Å². The lowest BCUT2D eigenvalue weighted by Crippen LogP contribution is -2.36. The molecule has 0 unspecified atom stereocenters. The fourth-order valence-electron chi connectivity index (χ4n) is 2.87. The number of benzene rings is 1. The van der Waals surface area contributed by atoms with E-state index >= 15 is 0 Å². The van der Waals surface area contributed by atoms with E-state index < -0.39 is 0 Å². The fraction of sp³-hybridized carbons (Fsp3) is 0.350. The highest BCUT2D eigenvalue weighted by Gasteiger charge is 2.07. The van der Waals surface area contributed by atoms with Gasteiger partial charge in [0, 0.05) is 51.3 Å². The number of rotatable bonds is 6. The van der Waals surface area contributed by atoms with Gasteiger partial charge >= 0.3 is 0 Å². The number of aryl methyl sites for hydroxylation is 1. The first-order valence-corrected chi connectivity index (χ1v) is 8.86. The average molecular weight is 337 g/mol. The zero-order valence-electron chi connectivity index (χ0n) is 15.1. The second-order valence-corrected chi connectivity index (χ2v) is 6.28. The maximum absolute atomic E-state index is 4.66. The molecular weight excluding hydrogens is 310 g/mol. The predicted octanol–water partition coefficient (Wildman–Crippen LogP) is 2.66. The molecule has 0 aliphatic carbocycles. The molecule has 1 aliphatic heterocycles. The van der Waals surface area contributed by atoms with E-state index in [9.17, 15) is 0 Å². The number of nitrogens with one attached hydrogen (secondary N) is 2. The minimum atomic E-state index is 0.678. The number of guanidine groups is 1. The molecule has 0 atom stereocenters. The standard InChI is InChI=1S/C20H27N5/c1-3-21-20(23-15-18-10-13-24(2)16-18)22-14-17-6-8-19(9-7-17)25-11-4-5-12-25/h4-10,13,16H,3,11-12,14-15H2,1-2H3,(H2,21,22,23). The van der Waals surface area contributed by atoms with Gasteiger partial charge in [-0.2, -0.15) is 0 Å². The van der Waals surface area contributed by atoms with Crippen molar-refractivity contribution in [2.75, 3.05) is 24.5 Å². The van der Waals surface area contributed by atoms with Gasteiger partial charge in [-0.3, -0.25) is 0 Å². The van der Waals surface area contributed by atoms with Gasteiger partial charge in [-0.25, -0.2) is 4.99 Å². The summed E-state index contributed by atoms with van der Waals surface area (Å²) in [6.07, 6.45) is 8.56. The molecule has 0 radical (unpaired) electrons. The van der Waals surface area contributed by atoms with Gasteiger partial charge in [-0.05, 0) is 36.2 Å². The number of hydrogen-bond donors (Lipinski definition) is 2. The van der Waals surface area contributed by atoms with Crippen LogP contribution in [0.1, 0.15) is 18.1 Å². The van der Waals surface area contributed by atoms with Gasteiger partial charge in [0.2, 0.25) is 0 Å². The van der Waals surface area contributed by atoms with Gasteiger partial charge in [0.15, 0.2) is 5.96 Å². The molecule has 0 saturated carbocycles. The van der Waals surface area contributed by atoms with Gasteiger partial charge in [0.05, 0.1) is 6.54 Å². The van der Waals surface area contributed by atoms with E-state index in [1.54, 1.807) is 0 Å². The Hall–Kier alpha value is -2.69. The first-order valence-electron chi connectivity index (χ1n) is 8.86. The quantitative estimate of drug-likeness (QED) is 0.484. The lowest BCUT2D eigenvalue weighted by atomic mass is 10.2. The van der Waals surface area contributed by atoms with Crippen molar-refractivity contribution in [3.63, 3.8) is 0 Å². The zero-order valence-corrected chi connectivity index (χ0v) is 15.1. The minimum absolute atomic E-state index is 0.678. The van der Waals surface area contributed by atoms with Crippen LogP contribution in [-0.4, -0.2) is 30.2 Å². The number of aliphatic imine (C=N–C) groups is 1. The molecule has 1 aliphatic rings. The van der Waals surface area contributed by atoms with E-state index in [-0.39, 0.29) is 0 Å². The van der Waals surface area contributed by atoms with Crippen LogP contribution in [0.25, 0.3) is 0 Å². The predicted molar refractivity (Wildman–Crippen MR) is 105 cm³/mol. The Balaban J connectivity index is 1.55. The SMILES string of the molecule is CCNC(=NCc1ccn(C)c1)NCc1ccc(N2CC=CC2)cc1. The molecule has 0 fully saturated rings. The third-order valence-electron chi connectivity index (χ3n) is 4.24. The van der Waals surface area contributed by atoms with Crippen molar-refractivity contribution in [2.45, 2.75) is 20.0 Å². The van der Waals surface area contributed by atoms with Crippen LogP contribution in [0, 0.1) is 0 Å². The number of nitrogens with zero attached hydrogens (tertiary/aromatic N) is 3. The summed E-state index contributed by atoms with van der Waals surface area (Å²) in [5, 5.41) is 6.71. The van der Waals surface area contributed by atoms with Crippen LogP contribution in [0.4, 0.5) is 5.69 Å². The molecule has 0 spiro atoms. The van der Waals surface area contributed by atoms with E-state index in [0.717, 1.165) is 32.1 Å². The molecule has 2 N–H and O–H groups in total. The van der Waals surface area contributed by atoms with Gasteiger partial charge in [0.1, 0.15) is 0 Å². The van der Waals surface area contributed by atoms with E-state index in [1.807, 2.05) is 17.8 Å². The fourth-order valence-corrected chi connectivity index (χ4v) is 2.87. The molecule has 25 heavy (non-hydrogen) atoms. The topological polar surface area (TPSA) is 44.6 Å². The summed E-state index contributed by atoms with van der Waals surface area (Å²) >= 11 is 0. The highest BCUT2D eigenvalue weighted by Crippen LogP contribution is 2.17. The van der Waals surface area contributed by atoms with E-state index in [2.05, 4.69) is 76.1 Å². The summed E-state index contributed by atoms with van der Waals surface area (Å²) in [6, 6.07) is 10.8. The first-order chi connectivity index (χ1) is 12.2. The van der Waals surface area contributed by atoms with Crippen molar-refractivity contribution in [2.24, 2.45) is 12.0 Å². The number of hydrogen-bond acceptors (Lipinski definition) is 2. The van der Waals surface area contributed by atoms with Crippen LogP contribution in [-0.2, 0) is 20.1 Å². The van der Waals surface area contributed by atoms with Crippen molar-refractivity contribution >= 4 is 11.6 Å². The second kappa shape index (κ2) is 8.42. The minimum Gasteiger partial charge on any atom is -0.364 e. The Labute approximate surface area is 150 Å². The smallest absolute Gasteiger partial charge is 0.191 e. The highest BCUT2D eigenvalue weighted by molar-refractivity contribution is 5.79. The largest absolute Gasteiger partial charge is 0.364 e. The van der Waals surface area contributed by atoms with Gasteiger partial charge in [-0.1, -0.05) is 24.3 Å². The Morgan fingerprint density at radius 2 is 1.80 bits per heavy atom. The Morgan fingerprint density at radius 3 is 2.44 bits per heavy atom. The molecule has 1 aromatic carbocycles. The maximum Gasteiger partial charge on any atom is 0.191 e. The Bertz CT molecular complexity index is 719. The molecule has 5 heteroatoms. The molecule has 0 bridgehead atoms. The molecule has 2 aromatic rings. The van der Waals surface area contributed by atoms with Crippen LogP contribution in [0.15, 0.2) is 59.9 Å². The van der Waals surface area contributed by atoms with Crippen LogP contribution in [0.5, 0.6) is 0 Å². The Kier molecular flexibility index (Phi) is 5.77.